The van der Waals surface area contributed by atoms with E-state index in [0.29, 0.717) is 0 Å². The summed E-state index contributed by atoms with van der Waals surface area (Å²) in [6.45, 7) is 2.67. The van der Waals surface area contributed by atoms with Crippen molar-refractivity contribution in [2.75, 3.05) is 24.1 Å². The second kappa shape index (κ2) is 9.83. The van der Waals surface area contributed by atoms with Gasteiger partial charge in [0.15, 0.2) is 0 Å². The first-order valence-corrected chi connectivity index (χ1v) is 10.3. The Bertz CT molecular complexity index is 1050. The average Bonchev–Trinajstić information content (AvgIpc) is 2.72. The molecule has 0 fully saturated rings. The third-order valence-corrected chi connectivity index (χ3v) is 5.61. The van der Waals surface area contributed by atoms with Crippen molar-refractivity contribution in [1.82, 2.24) is 0 Å². The van der Waals surface area contributed by atoms with E-state index in [-0.39, 0.29) is 29.4 Å². The SMILES string of the molecule is CCOC(=O)CN(c1cccc(C(=O)OCC)c1)S(=O)(=O)c1cccc([N+](=O)[O-])c1. The molecule has 0 radical (unpaired) electrons. The summed E-state index contributed by atoms with van der Waals surface area (Å²) in [7, 11) is -4.40. The fraction of sp³-hybridized carbons (Fsp3) is 0.263. The molecule has 0 bridgehead atoms. The van der Waals surface area contributed by atoms with Crippen molar-refractivity contribution >= 4 is 33.3 Å². The van der Waals surface area contributed by atoms with Gasteiger partial charge < -0.3 is 9.47 Å². The lowest BCUT2D eigenvalue weighted by Crippen LogP contribution is -2.36. The van der Waals surface area contributed by atoms with Gasteiger partial charge in [-0.25, -0.2) is 13.2 Å². The number of non-ortho nitro benzene ring substituents is 1. The van der Waals surface area contributed by atoms with Crippen LogP contribution in [0.5, 0.6) is 0 Å². The second-order valence-electron chi connectivity index (χ2n) is 5.84. The minimum Gasteiger partial charge on any atom is -0.465 e. The molecule has 0 aliphatic carbocycles. The van der Waals surface area contributed by atoms with Gasteiger partial charge in [-0.1, -0.05) is 12.1 Å². The number of nitro groups is 1. The molecule has 2 rings (SSSR count). The molecule has 30 heavy (non-hydrogen) atoms. The minimum absolute atomic E-state index is 0.000104. The van der Waals surface area contributed by atoms with Gasteiger partial charge in [-0.2, -0.15) is 0 Å². The van der Waals surface area contributed by atoms with Crippen LogP contribution >= 0.6 is 0 Å². The molecule has 0 saturated heterocycles. The van der Waals surface area contributed by atoms with E-state index in [1.165, 1.54) is 36.4 Å². The summed E-state index contributed by atoms with van der Waals surface area (Å²) in [5, 5.41) is 11.0. The molecular weight excluding hydrogens is 416 g/mol. The van der Waals surface area contributed by atoms with Crippen LogP contribution in [0.15, 0.2) is 53.4 Å². The maximum Gasteiger partial charge on any atom is 0.338 e. The van der Waals surface area contributed by atoms with Gasteiger partial charge in [0.05, 0.1) is 34.3 Å². The number of sulfonamides is 1. The van der Waals surface area contributed by atoms with Crippen LogP contribution in [-0.2, 0) is 24.3 Å². The summed E-state index contributed by atoms with van der Waals surface area (Å²) >= 11 is 0. The molecule has 2 aromatic carbocycles. The average molecular weight is 436 g/mol. The molecule has 2 aromatic rings. The standard InChI is InChI=1S/C19H20N2O8S/c1-3-28-18(22)13-20(15-8-5-7-14(11-15)19(23)29-4-2)30(26,27)17-10-6-9-16(12-17)21(24)25/h5-12H,3-4,13H2,1-2H3. The maximum atomic E-state index is 13.2. The number of nitro benzene ring substituents is 1. The Labute approximate surface area is 173 Å². The van der Waals surface area contributed by atoms with Gasteiger partial charge in [-0.05, 0) is 38.1 Å². The molecule has 0 atom stereocenters. The number of esters is 2. The van der Waals surface area contributed by atoms with E-state index in [2.05, 4.69) is 0 Å². The van der Waals surface area contributed by atoms with Crippen molar-refractivity contribution in [2.45, 2.75) is 18.7 Å². The number of benzene rings is 2. The number of hydrogen-bond acceptors (Lipinski definition) is 8. The molecule has 0 aromatic heterocycles. The molecule has 0 heterocycles. The molecule has 11 heteroatoms. The topological polar surface area (TPSA) is 133 Å². The van der Waals surface area contributed by atoms with Gasteiger partial charge in [-0.15, -0.1) is 0 Å². The Morgan fingerprint density at radius 3 is 2.33 bits per heavy atom. The van der Waals surface area contributed by atoms with Crippen LogP contribution in [0.2, 0.25) is 0 Å². The van der Waals surface area contributed by atoms with Crippen LogP contribution in [0.4, 0.5) is 11.4 Å². The van der Waals surface area contributed by atoms with Crippen molar-refractivity contribution in [1.29, 1.82) is 0 Å². The van der Waals surface area contributed by atoms with Crippen LogP contribution in [0.3, 0.4) is 0 Å². The number of nitrogens with zero attached hydrogens (tertiary/aromatic N) is 2. The van der Waals surface area contributed by atoms with E-state index in [9.17, 15) is 28.1 Å². The zero-order valence-electron chi connectivity index (χ0n) is 16.3. The number of carbonyl (C=O) groups excluding carboxylic acids is 2. The molecule has 0 saturated carbocycles. The van der Waals surface area contributed by atoms with Crippen LogP contribution in [0, 0.1) is 10.1 Å². The predicted octanol–water partition coefficient (Wildman–Crippen LogP) is 2.53. The van der Waals surface area contributed by atoms with Crippen molar-refractivity contribution in [3.63, 3.8) is 0 Å². The Kier molecular flexibility index (Phi) is 7.48. The zero-order chi connectivity index (χ0) is 22.3. The van der Waals surface area contributed by atoms with Gasteiger partial charge in [0.2, 0.25) is 0 Å². The van der Waals surface area contributed by atoms with Crippen molar-refractivity contribution in [3.05, 3.63) is 64.2 Å². The largest absolute Gasteiger partial charge is 0.465 e. The smallest absolute Gasteiger partial charge is 0.338 e. The number of rotatable bonds is 9. The first kappa shape index (κ1) is 22.8. The lowest BCUT2D eigenvalue weighted by Gasteiger charge is -2.24. The molecule has 160 valence electrons. The molecule has 0 amide bonds. The molecule has 0 N–H and O–H groups in total. The van der Waals surface area contributed by atoms with Crippen LogP contribution in [0.1, 0.15) is 24.2 Å². The zero-order valence-corrected chi connectivity index (χ0v) is 17.1. The first-order valence-electron chi connectivity index (χ1n) is 8.90. The van der Waals surface area contributed by atoms with Gasteiger partial charge in [0.25, 0.3) is 15.7 Å². The Morgan fingerprint density at radius 2 is 1.70 bits per heavy atom. The third kappa shape index (κ3) is 5.32. The van der Waals surface area contributed by atoms with E-state index in [4.69, 9.17) is 9.47 Å². The summed E-state index contributed by atoms with van der Waals surface area (Å²) < 4.78 is 37.0. The predicted molar refractivity (Wildman–Crippen MR) is 107 cm³/mol. The highest BCUT2D eigenvalue weighted by atomic mass is 32.2. The van der Waals surface area contributed by atoms with Crippen LogP contribution in [0.25, 0.3) is 0 Å². The van der Waals surface area contributed by atoms with E-state index >= 15 is 0 Å². The number of ether oxygens (including phenoxy) is 2. The second-order valence-corrected chi connectivity index (χ2v) is 7.70. The maximum absolute atomic E-state index is 13.2. The molecule has 0 aliphatic heterocycles. The summed E-state index contributed by atoms with van der Waals surface area (Å²) in [6, 6.07) is 9.95. The van der Waals surface area contributed by atoms with Crippen molar-refractivity contribution < 1.29 is 32.4 Å². The third-order valence-electron chi connectivity index (χ3n) is 3.84. The van der Waals surface area contributed by atoms with Gasteiger partial charge in [0, 0.05) is 12.1 Å². The summed E-state index contributed by atoms with van der Waals surface area (Å²) in [5.74, 6) is -1.49. The van der Waals surface area contributed by atoms with E-state index in [1.54, 1.807) is 13.8 Å². The Balaban J connectivity index is 2.56. The quantitative estimate of drug-likeness (QED) is 0.333. The number of carbonyl (C=O) groups is 2. The van der Waals surface area contributed by atoms with Gasteiger partial charge >= 0.3 is 11.9 Å². The molecule has 10 nitrogen and oxygen atoms in total. The highest BCUT2D eigenvalue weighted by Gasteiger charge is 2.29. The molecule has 0 spiro atoms. The van der Waals surface area contributed by atoms with Crippen LogP contribution in [-0.4, -0.2) is 45.0 Å². The summed E-state index contributed by atoms with van der Waals surface area (Å²) in [5.41, 5.74) is -0.343. The summed E-state index contributed by atoms with van der Waals surface area (Å²) in [4.78, 5) is 34.0. The van der Waals surface area contributed by atoms with Crippen molar-refractivity contribution in [2.24, 2.45) is 0 Å². The van der Waals surface area contributed by atoms with E-state index in [0.717, 1.165) is 16.4 Å². The number of anilines is 1. The van der Waals surface area contributed by atoms with E-state index in [1.807, 2.05) is 0 Å². The van der Waals surface area contributed by atoms with Gasteiger partial charge in [-0.3, -0.25) is 19.2 Å². The number of hydrogen-bond donors (Lipinski definition) is 0. The monoisotopic (exact) mass is 436 g/mol. The van der Waals surface area contributed by atoms with Crippen LogP contribution < -0.4 is 4.31 Å². The van der Waals surface area contributed by atoms with E-state index < -0.39 is 39.1 Å². The van der Waals surface area contributed by atoms with Crippen molar-refractivity contribution in [3.8, 4) is 0 Å². The minimum atomic E-state index is -4.40. The molecule has 0 aliphatic rings. The first-order chi connectivity index (χ1) is 14.2. The Morgan fingerprint density at radius 1 is 1.03 bits per heavy atom. The fourth-order valence-electron chi connectivity index (χ4n) is 2.53. The lowest BCUT2D eigenvalue weighted by atomic mass is 10.2. The lowest BCUT2D eigenvalue weighted by molar-refractivity contribution is -0.385. The molecular formula is C19H20N2O8S. The van der Waals surface area contributed by atoms with Gasteiger partial charge in [0.1, 0.15) is 6.54 Å². The molecule has 0 unspecified atom stereocenters. The normalized spacial score (nSPS) is 10.9. The fourth-order valence-corrected chi connectivity index (χ4v) is 3.97. The highest BCUT2D eigenvalue weighted by molar-refractivity contribution is 7.92. The Hall–Kier alpha value is -3.47. The summed E-state index contributed by atoms with van der Waals surface area (Å²) in [6.07, 6.45) is 0. The highest BCUT2D eigenvalue weighted by Crippen LogP contribution is 2.27.